The van der Waals surface area contributed by atoms with E-state index in [1.807, 2.05) is 0 Å². The summed E-state index contributed by atoms with van der Waals surface area (Å²) < 4.78 is 6.98. The van der Waals surface area contributed by atoms with Crippen LogP contribution in [0.4, 0.5) is 5.69 Å². The van der Waals surface area contributed by atoms with E-state index >= 15 is 0 Å². The number of halogens is 1. The lowest BCUT2D eigenvalue weighted by atomic mass is 10.1. The van der Waals surface area contributed by atoms with Crippen molar-refractivity contribution in [3.8, 4) is 0 Å². The summed E-state index contributed by atoms with van der Waals surface area (Å²) in [6, 6.07) is 6.66. The van der Waals surface area contributed by atoms with Gasteiger partial charge in [0.25, 0.3) is 0 Å². The Bertz CT molecular complexity index is 428. The van der Waals surface area contributed by atoms with E-state index in [0.29, 0.717) is 0 Å². The third kappa shape index (κ3) is 4.21. The van der Waals surface area contributed by atoms with Gasteiger partial charge in [-0.1, -0.05) is 13.0 Å². The van der Waals surface area contributed by atoms with Crippen LogP contribution in [0.2, 0.25) is 0 Å². The highest BCUT2D eigenvalue weighted by Crippen LogP contribution is 2.29. The molecule has 1 N–H and O–H groups in total. The largest absolute Gasteiger partial charge is 0.372 e. The topological polar surface area (TPSA) is 24.5 Å². The van der Waals surface area contributed by atoms with E-state index in [2.05, 4.69) is 65.1 Å². The number of anilines is 1. The number of hydrogen-bond acceptors (Lipinski definition) is 3. The zero-order chi connectivity index (χ0) is 14.5. The second-order valence-electron chi connectivity index (χ2n) is 5.62. The second kappa shape index (κ2) is 7.43. The molecule has 1 saturated heterocycles. The molecule has 0 aromatic heterocycles. The molecule has 1 fully saturated rings. The molecule has 20 heavy (non-hydrogen) atoms. The quantitative estimate of drug-likeness (QED) is 0.829. The van der Waals surface area contributed by atoms with Crippen molar-refractivity contribution in [3.05, 3.63) is 28.2 Å². The van der Waals surface area contributed by atoms with Crippen molar-refractivity contribution in [1.29, 1.82) is 0 Å². The highest BCUT2D eigenvalue weighted by molar-refractivity contribution is 9.10. The van der Waals surface area contributed by atoms with Crippen molar-refractivity contribution in [2.45, 2.75) is 45.9 Å². The molecule has 1 aromatic carbocycles. The van der Waals surface area contributed by atoms with Gasteiger partial charge in [-0.3, -0.25) is 0 Å². The average molecular weight is 341 g/mol. The summed E-state index contributed by atoms with van der Waals surface area (Å²) in [5, 5.41) is 3.44. The maximum atomic E-state index is 5.80. The van der Waals surface area contributed by atoms with Gasteiger partial charge in [-0.05, 0) is 60.4 Å². The Kier molecular flexibility index (Phi) is 5.87. The third-order valence-corrected chi connectivity index (χ3v) is 4.16. The summed E-state index contributed by atoms with van der Waals surface area (Å²) in [4.78, 5) is 2.41. The Labute approximate surface area is 130 Å². The van der Waals surface area contributed by atoms with Crippen LogP contribution in [0.5, 0.6) is 0 Å². The van der Waals surface area contributed by atoms with Gasteiger partial charge in [0, 0.05) is 24.1 Å². The summed E-state index contributed by atoms with van der Waals surface area (Å²) >= 11 is 3.72. The van der Waals surface area contributed by atoms with Crippen molar-refractivity contribution >= 4 is 21.6 Å². The van der Waals surface area contributed by atoms with E-state index in [1.54, 1.807) is 0 Å². The first-order valence-corrected chi connectivity index (χ1v) is 8.29. The number of ether oxygens (including phenoxy) is 1. The summed E-state index contributed by atoms with van der Waals surface area (Å²) in [5.41, 5.74) is 2.59. The first kappa shape index (κ1) is 15.8. The van der Waals surface area contributed by atoms with E-state index in [0.717, 1.165) is 26.2 Å². The first-order chi connectivity index (χ1) is 9.60. The number of rotatable bonds is 5. The van der Waals surface area contributed by atoms with E-state index in [1.165, 1.54) is 22.1 Å². The molecule has 3 nitrogen and oxygen atoms in total. The van der Waals surface area contributed by atoms with E-state index in [-0.39, 0.29) is 12.2 Å². The molecule has 2 rings (SSSR count). The van der Waals surface area contributed by atoms with Crippen LogP contribution in [-0.2, 0) is 11.3 Å². The van der Waals surface area contributed by atoms with Gasteiger partial charge in [0.1, 0.15) is 0 Å². The van der Waals surface area contributed by atoms with Crippen LogP contribution < -0.4 is 10.2 Å². The first-order valence-electron chi connectivity index (χ1n) is 7.49. The Hall–Kier alpha value is -0.580. The van der Waals surface area contributed by atoms with Crippen molar-refractivity contribution in [3.63, 3.8) is 0 Å². The van der Waals surface area contributed by atoms with Crippen LogP contribution in [0.15, 0.2) is 22.7 Å². The standard InChI is InChI=1S/C16H25BrN2O/c1-4-7-18-9-14-5-6-16(15(17)8-14)19-10-12(2)20-13(3)11-19/h5-6,8,12-13,18H,4,7,9-11H2,1-3H3/t12-,13+. The summed E-state index contributed by atoms with van der Waals surface area (Å²) in [7, 11) is 0. The summed E-state index contributed by atoms with van der Waals surface area (Å²) in [6.07, 6.45) is 1.75. The number of benzene rings is 1. The monoisotopic (exact) mass is 340 g/mol. The molecule has 1 aliphatic rings. The van der Waals surface area contributed by atoms with Gasteiger partial charge in [0.05, 0.1) is 17.9 Å². The molecule has 112 valence electrons. The second-order valence-corrected chi connectivity index (χ2v) is 6.48. The number of nitrogens with one attached hydrogen (secondary N) is 1. The lowest BCUT2D eigenvalue weighted by molar-refractivity contribution is -0.00525. The van der Waals surface area contributed by atoms with Crippen LogP contribution in [0, 0.1) is 0 Å². The lowest BCUT2D eigenvalue weighted by Gasteiger charge is -2.37. The third-order valence-electron chi connectivity index (χ3n) is 3.53. The van der Waals surface area contributed by atoms with E-state index in [9.17, 15) is 0 Å². The zero-order valence-electron chi connectivity index (χ0n) is 12.7. The van der Waals surface area contributed by atoms with E-state index in [4.69, 9.17) is 4.74 Å². The Morgan fingerprint density at radius 3 is 2.60 bits per heavy atom. The van der Waals surface area contributed by atoms with Crippen LogP contribution in [0.3, 0.4) is 0 Å². The van der Waals surface area contributed by atoms with Gasteiger partial charge in [-0.25, -0.2) is 0 Å². The maximum absolute atomic E-state index is 5.80. The number of hydrogen-bond donors (Lipinski definition) is 1. The van der Waals surface area contributed by atoms with Crippen molar-refractivity contribution in [2.24, 2.45) is 0 Å². The molecule has 2 atom stereocenters. The predicted octanol–water partition coefficient (Wildman–Crippen LogP) is 3.56. The molecule has 1 heterocycles. The van der Waals surface area contributed by atoms with Gasteiger partial charge in [0.15, 0.2) is 0 Å². The Morgan fingerprint density at radius 1 is 1.30 bits per heavy atom. The zero-order valence-corrected chi connectivity index (χ0v) is 14.2. The maximum Gasteiger partial charge on any atom is 0.0726 e. The average Bonchev–Trinajstić information content (AvgIpc) is 2.38. The number of nitrogens with zero attached hydrogens (tertiary/aromatic N) is 1. The molecule has 0 bridgehead atoms. The van der Waals surface area contributed by atoms with Crippen LogP contribution in [-0.4, -0.2) is 31.8 Å². The van der Waals surface area contributed by atoms with E-state index < -0.39 is 0 Å². The van der Waals surface area contributed by atoms with Gasteiger partial charge in [-0.15, -0.1) is 0 Å². The predicted molar refractivity (Wildman–Crippen MR) is 88.4 cm³/mol. The van der Waals surface area contributed by atoms with Gasteiger partial charge < -0.3 is 15.0 Å². The molecule has 0 unspecified atom stereocenters. The van der Waals surface area contributed by atoms with Crippen LogP contribution in [0.1, 0.15) is 32.8 Å². The molecule has 0 saturated carbocycles. The normalized spacial score (nSPS) is 23.1. The molecule has 0 aliphatic carbocycles. The number of morpholine rings is 1. The molecule has 1 aliphatic heterocycles. The highest BCUT2D eigenvalue weighted by Gasteiger charge is 2.23. The smallest absolute Gasteiger partial charge is 0.0726 e. The molecule has 0 spiro atoms. The fourth-order valence-electron chi connectivity index (χ4n) is 2.70. The molecule has 0 amide bonds. The Balaban J connectivity index is 2.05. The fraction of sp³-hybridized carbons (Fsp3) is 0.625. The SMILES string of the molecule is CCCNCc1ccc(N2C[C@@H](C)O[C@@H](C)C2)c(Br)c1. The fourth-order valence-corrected chi connectivity index (χ4v) is 3.38. The van der Waals surface area contributed by atoms with Crippen molar-refractivity contribution in [1.82, 2.24) is 5.32 Å². The van der Waals surface area contributed by atoms with Crippen molar-refractivity contribution < 1.29 is 4.74 Å². The van der Waals surface area contributed by atoms with Gasteiger partial charge >= 0.3 is 0 Å². The van der Waals surface area contributed by atoms with Gasteiger partial charge in [0.2, 0.25) is 0 Å². The summed E-state index contributed by atoms with van der Waals surface area (Å²) in [5.74, 6) is 0. The molecule has 4 heteroatoms. The minimum atomic E-state index is 0.288. The molecule has 0 radical (unpaired) electrons. The van der Waals surface area contributed by atoms with Crippen molar-refractivity contribution in [2.75, 3.05) is 24.5 Å². The van der Waals surface area contributed by atoms with Crippen LogP contribution in [0.25, 0.3) is 0 Å². The van der Waals surface area contributed by atoms with Crippen LogP contribution >= 0.6 is 15.9 Å². The highest BCUT2D eigenvalue weighted by atomic mass is 79.9. The Morgan fingerprint density at radius 2 is 2.00 bits per heavy atom. The molecular formula is C16H25BrN2O. The minimum Gasteiger partial charge on any atom is -0.372 e. The lowest BCUT2D eigenvalue weighted by Crippen LogP contribution is -2.45. The molecular weight excluding hydrogens is 316 g/mol. The summed E-state index contributed by atoms with van der Waals surface area (Å²) in [6.45, 7) is 10.4. The minimum absolute atomic E-state index is 0.288. The van der Waals surface area contributed by atoms with Gasteiger partial charge in [-0.2, -0.15) is 0 Å². The molecule has 1 aromatic rings.